The summed E-state index contributed by atoms with van der Waals surface area (Å²) in [6.45, 7) is -5.36. The molecule has 0 aromatic heterocycles. The van der Waals surface area contributed by atoms with E-state index in [-0.39, 0.29) is 17.1 Å². The molecule has 6 N–H and O–H groups in total. The zero-order valence-corrected chi connectivity index (χ0v) is 21.6. The average molecular weight is 579 g/mol. The summed E-state index contributed by atoms with van der Waals surface area (Å²) < 4.78 is 3.58. The third-order valence-electron chi connectivity index (χ3n) is 5.88. The fourth-order valence-electron chi connectivity index (χ4n) is 4.52. The van der Waals surface area contributed by atoms with Crippen LogP contribution in [0.3, 0.4) is 0 Å². The lowest BCUT2D eigenvalue weighted by atomic mass is 10.1. The first-order valence-electron chi connectivity index (χ1n) is 11.7. The number of aliphatic carboxylic acids is 6. The van der Waals surface area contributed by atoms with Gasteiger partial charge in [0.1, 0.15) is 25.4 Å². The van der Waals surface area contributed by atoms with Crippen molar-refractivity contribution in [1.82, 2.24) is 4.48 Å². The minimum atomic E-state index is -2.25. The van der Waals surface area contributed by atoms with Crippen molar-refractivity contribution in [1.29, 1.82) is 0 Å². The van der Waals surface area contributed by atoms with E-state index in [0.717, 1.165) is 15.9 Å². The summed E-state index contributed by atoms with van der Waals surface area (Å²) >= 11 is 0. The zero-order chi connectivity index (χ0) is 30.9. The van der Waals surface area contributed by atoms with E-state index < -0.39 is 79.2 Å². The molecule has 16 heteroatoms. The van der Waals surface area contributed by atoms with Gasteiger partial charge in [-0.05, 0) is 30.3 Å². The van der Waals surface area contributed by atoms with Gasteiger partial charge in [-0.15, -0.1) is 0 Å². The maximum atomic E-state index is 13.0. The molecule has 0 aliphatic carbocycles. The fourth-order valence-corrected chi connectivity index (χ4v) is 4.52. The van der Waals surface area contributed by atoms with Crippen molar-refractivity contribution < 1.29 is 64.1 Å². The van der Waals surface area contributed by atoms with Gasteiger partial charge in [0, 0.05) is 11.8 Å². The average Bonchev–Trinajstić information content (AvgIpc) is 2.86. The number of benzene rings is 2. The van der Waals surface area contributed by atoms with Crippen LogP contribution < -0.4 is 19.0 Å². The van der Waals surface area contributed by atoms with E-state index in [1.165, 1.54) is 49.6 Å². The molecule has 0 saturated carbocycles. The van der Waals surface area contributed by atoms with Crippen LogP contribution in [-0.4, -0.2) is 112 Å². The SMILES string of the molecule is COc1ccc(N(CC(=O)O)C(C(=O)O)[N+](CC(=O)O)(CC(=O)O)c2ccccc2N(CC(=O)O)CC(=O)O)cc1. The van der Waals surface area contributed by atoms with E-state index in [1.807, 2.05) is 0 Å². The molecule has 0 fully saturated rings. The van der Waals surface area contributed by atoms with Crippen molar-refractivity contribution in [3.63, 3.8) is 0 Å². The second-order valence-corrected chi connectivity index (χ2v) is 8.70. The van der Waals surface area contributed by atoms with Gasteiger partial charge in [-0.1, -0.05) is 12.1 Å². The Kier molecular flexibility index (Phi) is 10.6. The highest BCUT2D eigenvalue weighted by Gasteiger charge is 2.53. The Morgan fingerprint density at radius 2 is 1.20 bits per heavy atom. The zero-order valence-electron chi connectivity index (χ0n) is 21.6. The quantitative estimate of drug-likeness (QED) is 0.108. The molecule has 41 heavy (non-hydrogen) atoms. The topological polar surface area (TPSA) is 240 Å². The first kappa shape index (κ1) is 31.8. The van der Waals surface area contributed by atoms with Crippen molar-refractivity contribution in [2.75, 3.05) is 49.6 Å². The van der Waals surface area contributed by atoms with Crippen LogP contribution >= 0.6 is 0 Å². The molecule has 220 valence electrons. The van der Waals surface area contributed by atoms with E-state index in [1.54, 1.807) is 0 Å². The second-order valence-electron chi connectivity index (χ2n) is 8.70. The summed E-state index contributed by atoms with van der Waals surface area (Å²) in [5.74, 6) is -9.38. The van der Waals surface area contributed by atoms with Crippen LogP contribution in [0.15, 0.2) is 48.5 Å². The fraction of sp³-hybridized carbons (Fsp3) is 0.280. The molecule has 0 spiro atoms. The van der Waals surface area contributed by atoms with Crippen LogP contribution in [0, 0.1) is 0 Å². The summed E-state index contributed by atoms with van der Waals surface area (Å²) in [5, 5.41) is 58.8. The van der Waals surface area contributed by atoms with Gasteiger partial charge in [-0.25, -0.2) is 18.9 Å². The van der Waals surface area contributed by atoms with Gasteiger partial charge >= 0.3 is 35.8 Å². The summed E-state index contributed by atoms with van der Waals surface area (Å²) in [6, 6.07) is 10.3. The van der Waals surface area contributed by atoms with Crippen molar-refractivity contribution in [2.45, 2.75) is 6.17 Å². The maximum Gasteiger partial charge on any atom is 0.385 e. The number of methoxy groups -OCH3 is 1. The van der Waals surface area contributed by atoms with E-state index in [0.29, 0.717) is 5.75 Å². The number of carboxylic acids is 6. The maximum absolute atomic E-state index is 13.0. The molecule has 0 amide bonds. The number of carbonyl (C=O) groups is 6. The minimum Gasteiger partial charge on any atom is -0.497 e. The molecule has 0 aliphatic rings. The highest BCUT2D eigenvalue weighted by molar-refractivity contribution is 5.91. The lowest BCUT2D eigenvalue weighted by Crippen LogP contribution is -2.71. The standard InChI is InChI=1S/C25H27N3O13/c1-41-16-8-6-15(7-9-16)27(12-21(33)34)24(25(39)40)28(13-22(35)36,14-23(37)38)18-5-3-2-4-17(18)26(10-19(29)30)11-20(31)32/h2-9,24H,10-14H2,1H3,(H5-,29,30,31,32,33,34,35,36,37,38,39,40)/p+1. The number of para-hydroxylation sites is 2. The Bertz CT molecular complexity index is 1280. The smallest absolute Gasteiger partial charge is 0.385 e. The molecule has 1 atom stereocenters. The van der Waals surface area contributed by atoms with E-state index in [4.69, 9.17) is 4.74 Å². The Hall–Kier alpha value is -5.38. The number of anilines is 2. The lowest BCUT2D eigenvalue weighted by molar-refractivity contribution is -0.149. The summed E-state index contributed by atoms with van der Waals surface area (Å²) in [6.07, 6.45) is -2.25. The normalized spacial score (nSPS) is 11.6. The molecule has 0 radical (unpaired) electrons. The number of ether oxygens (including phenoxy) is 1. The first-order valence-corrected chi connectivity index (χ1v) is 11.7. The summed E-state index contributed by atoms with van der Waals surface area (Å²) in [4.78, 5) is 74.1. The van der Waals surface area contributed by atoms with Crippen molar-refractivity contribution in [2.24, 2.45) is 0 Å². The molecular weight excluding hydrogens is 550 g/mol. The number of rotatable bonds is 17. The van der Waals surface area contributed by atoms with Crippen molar-refractivity contribution in [3.8, 4) is 5.75 Å². The molecular formula is C25H28N3O13+. The van der Waals surface area contributed by atoms with Gasteiger partial charge in [0.25, 0.3) is 6.17 Å². The predicted octanol–water partition coefficient (Wildman–Crippen LogP) is 0.149. The van der Waals surface area contributed by atoms with Crippen LogP contribution in [0.5, 0.6) is 5.75 Å². The van der Waals surface area contributed by atoms with Gasteiger partial charge in [0.2, 0.25) is 0 Å². The van der Waals surface area contributed by atoms with Gasteiger partial charge in [0.05, 0.1) is 12.8 Å². The molecule has 1 unspecified atom stereocenters. The Morgan fingerprint density at radius 1 is 0.707 bits per heavy atom. The first-order chi connectivity index (χ1) is 19.2. The molecule has 0 saturated heterocycles. The van der Waals surface area contributed by atoms with Gasteiger partial charge in [-0.2, -0.15) is 0 Å². The Balaban J connectivity index is 3.03. The highest BCUT2D eigenvalue weighted by Crippen LogP contribution is 2.39. The number of hydrogen-bond donors (Lipinski definition) is 6. The van der Waals surface area contributed by atoms with Gasteiger partial charge < -0.3 is 45.2 Å². The van der Waals surface area contributed by atoms with Gasteiger partial charge in [-0.3, -0.25) is 14.4 Å². The largest absolute Gasteiger partial charge is 0.497 e. The van der Waals surface area contributed by atoms with E-state index in [2.05, 4.69) is 0 Å². The van der Waals surface area contributed by atoms with Crippen molar-refractivity contribution in [3.05, 3.63) is 48.5 Å². The molecule has 2 aromatic rings. The van der Waals surface area contributed by atoms with Crippen LogP contribution in [0.2, 0.25) is 0 Å². The molecule has 0 heterocycles. The number of quaternary nitrogens is 1. The van der Waals surface area contributed by atoms with E-state index >= 15 is 0 Å². The van der Waals surface area contributed by atoms with Crippen LogP contribution in [0.25, 0.3) is 0 Å². The monoisotopic (exact) mass is 578 g/mol. The third kappa shape index (κ3) is 8.06. The van der Waals surface area contributed by atoms with Crippen LogP contribution in [0.4, 0.5) is 17.1 Å². The predicted molar refractivity (Wildman–Crippen MR) is 140 cm³/mol. The van der Waals surface area contributed by atoms with Crippen LogP contribution in [-0.2, 0) is 28.8 Å². The second kappa shape index (κ2) is 13.6. The lowest BCUT2D eigenvalue weighted by Gasteiger charge is -2.45. The number of carboxylic acid groups (broad SMARTS) is 6. The van der Waals surface area contributed by atoms with E-state index in [9.17, 15) is 59.4 Å². The Morgan fingerprint density at radius 3 is 1.61 bits per heavy atom. The summed E-state index contributed by atoms with van der Waals surface area (Å²) in [7, 11) is 1.35. The molecule has 0 bridgehead atoms. The van der Waals surface area contributed by atoms with Crippen molar-refractivity contribution >= 4 is 52.9 Å². The minimum absolute atomic E-state index is 0.0516. The third-order valence-corrected chi connectivity index (χ3v) is 5.88. The number of hydrogen-bond acceptors (Lipinski definition) is 9. The van der Waals surface area contributed by atoms with Gasteiger partial charge in [0.15, 0.2) is 18.8 Å². The summed E-state index contributed by atoms with van der Waals surface area (Å²) in [5.41, 5.74) is -0.712. The number of nitrogens with zero attached hydrogens (tertiary/aromatic N) is 3. The molecule has 2 aromatic carbocycles. The van der Waals surface area contributed by atoms with Crippen LogP contribution in [0.1, 0.15) is 0 Å². The molecule has 0 aliphatic heterocycles. The molecule has 16 nitrogen and oxygen atoms in total. The molecule has 2 rings (SSSR count). The highest BCUT2D eigenvalue weighted by atomic mass is 16.5. The Labute approximate surface area is 232 Å².